The lowest BCUT2D eigenvalue weighted by Gasteiger charge is -2.26. The standard InChI is InChI=1S/C16H15NO4/c1-10-4-2-3-5-13(10)17-16(15(19)20)9-21-14-8-11(18)6-7-12(14)16/h2-8,17-18H,9H2,1H3,(H,19,20). The highest BCUT2D eigenvalue weighted by Crippen LogP contribution is 2.41. The number of hydrogen-bond acceptors (Lipinski definition) is 4. The van der Waals surface area contributed by atoms with Gasteiger partial charge in [0.2, 0.25) is 0 Å². The van der Waals surface area contributed by atoms with E-state index in [2.05, 4.69) is 5.32 Å². The van der Waals surface area contributed by atoms with Crippen molar-refractivity contribution in [1.29, 1.82) is 0 Å². The van der Waals surface area contributed by atoms with E-state index >= 15 is 0 Å². The molecule has 0 saturated heterocycles. The van der Waals surface area contributed by atoms with Crippen molar-refractivity contribution in [2.45, 2.75) is 12.5 Å². The van der Waals surface area contributed by atoms with Gasteiger partial charge in [-0.1, -0.05) is 18.2 Å². The van der Waals surface area contributed by atoms with E-state index in [-0.39, 0.29) is 12.4 Å². The predicted molar refractivity (Wildman–Crippen MR) is 77.7 cm³/mol. The van der Waals surface area contributed by atoms with Crippen LogP contribution < -0.4 is 10.1 Å². The van der Waals surface area contributed by atoms with Gasteiger partial charge in [-0.25, -0.2) is 4.79 Å². The van der Waals surface area contributed by atoms with Crippen LogP contribution >= 0.6 is 0 Å². The van der Waals surface area contributed by atoms with Gasteiger partial charge in [0.25, 0.3) is 0 Å². The second kappa shape index (κ2) is 4.70. The Labute approximate surface area is 121 Å². The molecule has 3 N–H and O–H groups in total. The third-order valence-corrected chi connectivity index (χ3v) is 3.73. The molecule has 108 valence electrons. The van der Waals surface area contributed by atoms with Gasteiger partial charge in [-0.05, 0) is 30.7 Å². The molecule has 1 aliphatic rings. The third kappa shape index (κ3) is 2.07. The third-order valence-electron chi connectivity index (χ3n) is 3.73. The summed E-state index contributed by atoms with van der Waals surface area (Å²) in [6, 6.07) is 12.0. The number of aliphatic carboxylic acids is 1. The second-order valence-corrected chi connectivity index (χ2v) is 5.12. The highest BCUT2D eigenvalue weighted by molar-refractivity contribution is 5.87. The number of carbonyl (C=O) groups is 1. The monoisotopic (exact) mass is 285 g/mol. The number of ether oxygens (including phenoxy) is 1. The maximum absolute atomic E-state index is 11.9. The molecule has 1 atom stereocenters. The van der Waals surface area contributed by atoms with Crippen LogP contribution in [-0.2, 0) is 10.3 Å². The van der Waals surface area contributed by atoms with Crippen LogP contribution in [0.1, 0.15) is 11.1 Å². The molecule has 21 heavy (non-hydrogen) atoms. The van der Waals surface area contributed by atoms with Crippen LogP contribution in [0.25, 0.3) is 0 Å². The highest BCUT2D eigenvalue weighted by Gasteiger charge is 2.48. The molecule has 1 heterocycles. The number of aromatic hydroxyl groups is 1. The van der Waals surface area contributed by atoms with E-state index in [0.717, 1.165) is 11.3 Å². The predicted octanol–water partition coefficient (Wildman–Crippen LogP) is 2.49. The lowest BCUT2D eigenvalue weighted by molar-refractivity contribution is -0.143. The van der Waals surface area contributed by atoms with E-state index in [4.69, 9.17) is 4.74 Å². The summed E-state index contributed by atoms with van der Waals surface area (Å²) in [4.78, 5) is 11.9. The number of anilines is 1. The number of rotatable bonds is 3. The van der Waals surface area contributed by atoms with E-state index in [9.17, 15) is 15.0 Å². The summed E-state index contributed by atoms with van der Waals surface area (Å²) in [7, 11) is 0. The lowest BCUT2D eigenvalue weighted by Crippen LogP contribution is -2.45. The van der Waals surface area contributed by atoms with Crippen LogP contribution in [0.2, 0.25) is 0 Å². The minimum atomic E-state index is -1.35. The van der Waals surface area contributed by atoms with Crippen molar-refractivity contribution < 1.29 is 19.7 Å². The van der Waals surface area contributed by atoms with Crippen LogP contribution in [0.15, 0.2) is 42.5 Å². The van der Waals surface area contributed by atoms with E-state index in [1.54, 1.807) is 6.07 Å². The molecule has 0 bridgehead atoms. The first-order chi connectivity index (χ1) is 10.0. The van der Waals surface area contributed by atoms with E-state index in [1.165, 1.54) is 12.1 Å². The summed E-state index contributed by atoms with van der Waals surface area (Å²) in [5, 5.41) is 22.3. The van der Waals surface area contributed by atoms with Crippen LogP contribution in [0, 0.1) is 6.92 Å². The molecule has 0 spiro atoms. The molecule has 0 radical (unpaired) electrons. The quantitative estimate of drug-likeness (QED) is 0.807. The zero-order valence-corrected chi connectivity index (χ0v) is 11.5. The lowest BCUT2D eigenvalue weighted by atomic mass is 9.91. The number of aryl methyl sites for hydroxylation is 1. The Morgan fingerprint density at radius 1 is 1.29 bits per heavy atom. The number of benzene rings is 2. The van der Waals surface area contributed by atoms with E-state index in [0.29, 0.717) is 11.3 Å². The molecule has 0 amide bonds. The van der Waals surface area contributed by atoms with E-state index in [1.807, 2.05) is 31.2 Å². The highest BCUT2D eigenvalue weighted by atomic mass is 16.5. The molecular weight excluding hydrogens is 270 g/mol. The zero-order chi connectivity index (χ0) is 15.0. The summed E-state index contributed by atoms with van der Waals surface area (Å²) < 4.78 is 5.47. The number of phenolic OH excluding ortho intramolecular Hbond substituents is 1. The zero-order valence-electron chi connectivity index (χ0n) is 11.5. The Balaban J connectivity index is 2.08. The van der Waals surface area contributed by atoms with Gasteiger partial charge in [-0.3, -0.25) is 0 Å². The Morgan fingerprint density at radius 3 is 2.76 bits per heavy atom. The van der Waals surface area contributed by atoms with Gasteiger partial charge in [0.1, 0.15) is 18.1 Å². The van der Waals surface area contributed by atoms with Crippen molar-refractivity contribution in [3.05, 3.63) is 53.6 Å². The summed E-state index contributed by atoms with van der Waals surface area (Å²) in [6.45, 7) is 1.88. The Morgan fingerprint density at radius 2 is 2.05 bits per heavy atom. The van der Waals surface area contributed by atoms with Crippen molar-refractivity contribution in [1.82, 2.24) is 0 Å². The molecule has 0 saturated carbocycles. The molecule has 5 nitrogen and oxygen atoms in total. The number of para-hydroxylation sites is 1. The van der Waals surface area contributed by atoms with Crippen molar-refractivity contribution in [2.75, 3.05) is 11.9 Å². The number of carboxylic acid groups (broad SMARTS) is 1. The Kier molecular flexibility index (Phi) is 2.97. The SMILES string of the molecule is Cc1ccccc1NC1(C(=O)O)COc2cc(O)ccc21. The Bertz CT molecular complexity index is 713. The van der Waals surface area contributed by atoms with Crippen molar-refractivity contribution in [2.24, 2.45) is 0 Å². The summed E-state index contributed by atoms with van der Waals surface area (Å²) in [6.07, 6.45) is 0. The molecule has 5 heteroatoms. The van der Waals surface area contributed by atoms with E-state index < -0.39 is 11.5 Å². The second-order valence-electron chi connectivity index (χ2n) is 5.12. The first-order valence-corrected chi connectivity index (χ1v) is 6.56. The van der Waals surface area contributed by atoms with Gasteiger partial charge in [-0.15, -0.1) is 0 Å². The van der Waals surface area contributed by atoms with Crippen molar-refractivity contribution >= 4 is 11.7 Å². The van der Waals surface area contributed by atoms with Gasteiger partial charge in [0.05, 0.1) is 0 Å². The number of fused-ring (bicyclic) bond motifs is 1. The summed E-state index contributed by atoms with van der Waals surface area (Å²) in [5.74, 6) is -0.584. The minimum Gasteiger partial charge on any atom is -0.508 e. The number of hydrogen-bond donors (Lipinski definition) is 3. The van der Waals surface area contributed by atoms with Crippen LogP contribution in [0.5, 0.6) is 11.5 Å². The van der Waals surface area contributed by atoms with Gasteiger partial charge in [-0.2, -0.15) is 0 Å². The van der Waals surface area contributed by atoms with Gasteiger partial charge in [0, 0.05) is 17.3 Å². The fourth-order valence-corrected chi connectivity index (χ4v) is 2.52. The largest absolute Gasteiger partial charge is 0.508 e. The molecule has 0 aromatic heterocycles. The molecular formula is C16H15NO4. The van der Waals surface area contributed by atoms with Crippen molar-refractivity contribution in [3.8, 4) is 11.5 Å². The van der Waals surface area contributed by atoms with Crippen LogP contribution in [0.3, 0.4) is 0 Å². The topological polar surface area (TPSA) is 78.8 Å². The average molecular weight is 285 g/mol. The molecule has 3 rings (SSSR count). The number of phenols is 1. The maximum Gasteiger partial charge on any atom is 0.337 e. The molecule has 0 aliphatic carbocycles. The normalized spacial score (nSPS) is 19.7. The summed E-state index contributed by atoms with van der Waals surface area (Å²) >= 11 is 0. The molecule has 1 unspecified atom stereocenters. The average Bonchev–Trinajstić information content (AvgIpc) is 2.81. The first-order valence-electron chi connectivity index (χ1n) is 6.56. The van der Waals surface area contributed by atoms with Crippen molar-refractivity contribution in [3.63, 3.8) is 0 Å². The molecule has 2 aromatic rings. The van der Waals surface area contributed by atoms with Gasteiger partial charge >= 0.3 is 5.97 Å². The maximum atomic E-state index is 11.9. The smallest absolute Gasteiger partial charge is 0.337 e. The molecule has 0 fully saturated rings. The van der Waals surface area contributed by atoms with Crippen LogP contribution in [0.4, 0.5) is 5.69 Å². The summed E-state index contributed by atoms with van der Waals surface area (Å²) in [5.41, 5.74) is 0.848. The number of nitrogens with one attached hydrogen (secondary N) is 1. The van der Waals surface area contributed by atoms with Crippen LogP contribution in [-0.4, -0.2) is 22.8 Å². The molecule has 1 aliphatic heterocycles. The fourth-order valence-electron chi connectivity index (χ4n) is 2.52. The van der Waals surface area contributed by atoms with Gasteiger partial charge in [0.15, 0.2) is 5.54 Å². The van der Waals surface area contributed by atoms with Gasteiger partial charge < -0.3 is 20.3 Å². The Hall–Kier alpha value is -2.69. The first kappa shape index (κ1) is 13.3. The minimum absolute atomic E-state index is 0.0323. The molecule has 2 aromatic carbocycles. The fraction of sp³-hybridized carbons (Fsp3) is 0.188. The number of carboxylic acids is 1.